The molecule has 0 amide bonds. The first-order chi connectivity index (χ1) is 11.4. The van der Waals surface area contributed by atoms with Crippen LogP contribution >= 0.6 is 0 Å². The van der Waals surface area contributed by atoms with Gasteiger partial charge in [-0.1, -0.05) is 5.21 Å². The van der Waals surface area contributed by atoms with Gasteiger partial charge in [0.2, 0.25) is 0 Å². The zero-order valence-electron chi connectivity index (χ0n) is 15.1. The van der Waals surface area contributed by atoms with Crippen LogP contribution in [0.15, 0.2) is 18.5 Å². The Morgan fingerprint density at radius 2 is 2.04 bits per heavy atom. The molecule has 132 valence electrons. The van der Waals surface area contributed by atoms with E-state index >= 15 is 0 Å². The number of aromatic nitrogens is 5. The fraction of sp³-hybridized carbons (Fsp3) is 0.706. The standard InChI is InChI=1S/C17H28N6O/c1-13(2)22-11-16(19-20-22)17(24)7-5-9-21(12-17)10-15-6-8-18-23(15)14(3)4/h6,8,11,13-14,24H,5,7,9-10,12H2,1-4H3/t17-/m1/s1. The molecule has 1 aliphatic rings. The Morgan fingerprint density at radius 1 is 1.25 bits per heavy atom. The molecule has 1 aliphatic heterocycles. The maximum atomic E-state index is 11.1. The van der Waals surface area contributed by atoms with Crippen molar-refractivity contribution in [2.75, 3.05) is 13.1 Å². The van der Waals surface area contributed by atoms with Crippen molar-refractivity contribution in [2.24, 2.45) is 0 Å². The molecule has 7 heteroatoms. The lowest BCUT2D eigenvalue weighted by atomic mass is 9.90. The zero-order valence-corrected chi connectivity index (χ0v) is 15.1. The average Bonchev–Trinajstić information content (AvgIpc) is 3.16. The van der Waals surface area contributed by atoms with E-state index in [4.69, 9.17) is 0 Å². The number of hydrogen-bond acceptors (Lipinski definition) is 5. The summed E-state index contributed by atoms with van der Waals surface area (Å²) in [6.07, 6.45) is 5.40. The number of aliphatic hydroxyl groups is 1. The molecule has 1 saturated heterocycles. The second-order valence-electron chi connectivity index (χ2n) is 7.38. The first-order valence-corrected chi connectivity index (χ1v) is 8.78. The van der Waals surface area contributed by atoms with Crippen LogP contribution in [-0.2, 0) is 12.1 Å². The molecule has 0 radical (unpaired) electrons. The first kappa shape index (κ1) is 17.1. The summed E-state index contributed by atoms with van der Waals surface area (Å²) in [5.74, 6) is 0. The number of piperidine rings is 1. The molecule has 0 spiro atoms. The highest BCUT2D eigenvalue weighted by molar-refractivity contribution is 5.11. The van der Waals surface area contributed by atoms with Crippen LogP contribution in [0, 0.1) is 0 Å². The van der Waals surface area contributed by atoms with Gasteiger partial charge in [0.1, 0.15) is 11.3 Å². The van der Waals surface area contributed by atoms with E-state index in [1.54, 1.807) is 4.68 Å². The van der Waals surface area contributed by atoms with Crippen LogP contribution in [0.1, 0.15) is 64.0 Å². The van der Waals surface area contributed by atoms with Gasteiger partial charge >= 0.3 is 0 Å². The predicted octanol–water partition coefficient (Wildman–Crippen LogP) is 2.12. The molecular formula is C17H28N6O. The van der Waals surface area contributed by atoms with Crippen LogP contribution in [0.4, 0.5) is 0 Å². The van der Waals surface area contributed by atoms with Crippen molar-refractivity contribution in [3.63, 3.8) is 0 Å². The van der Waals surface area contributed by atoms with Crippen molar-refractivity contribution in [3.8, 4) is 0 Å². The Labute approximate surface area is 143 Å². The number of rotatable bonds is 5. The number of nitrogens with zero attached hydrogens (tertiary/aromatic N) is 6. The molecule has 0 unspecified atom stereocenters. The van der Waals surface area contributed by atoms with Crippen LogP contribution in [-0.4, -0.2) is 47.9 Å². The quantitative estimate of drug-likeness (QED) is 0.908. The summed E-state index contributed by atoms with van der Waals surface area (Å²) in [6.45, 7) is 10.7. The Kier molecular flexibility index (Phi) is 4.73. The molecule has 24 heavy (non-hydrogen) atoms. The molecule has 1 fully saturated rings. The van der Waals surface area contributed by atoms with Crippen LogP contribution < -0.4 is 0 Å². The third kappa shape index (κ3) is 3.37. The SMILES string of the molecule is CC(C)n1cc([C@@]2(O)CCCN(Cc3ccnn3C(C)C)C2)nn1. The van der Waals surface area contributed by atoms with E-state index in [2.05, 4.69) is 54.1 Å². The van der Waals surface area contributed by atoms with Crippen molar-refractivity contribution in [2.45, 2.75) is 64.8 Å². The Bertz CT molecular complexity index is 676. The van der Waals surface area contributed by atoms with E-state index in [1.165, 1.54) is 5.69 Å². The molecule has 3 rings (SSSR count). The summed E-state index contributed by atoms with van der Waals surface area (Å²) in [5, 5.41) is 23.9. The van der Waals surface area contributed by atoms with Crippen molar-refractivity contribution >= 4 is 0 Å². The maximum Gasteiger partial charge on any atom is 0.123 e. The summed E-state index contributed by atoms with van der Waals surface area (Å²) in [7, 11) is 0. The summed E-state index contributed by atoms with van der Waals surface area (Å²) in [5.41, 5.74) is 0.937. The van der Waals surface area contributed by atoms with Gasteiger partial charge in [-0.05, 0) is 53.1 Å². The number of hydrogen-bond donors (Lipinski definition) is 1. The highest BCUT2D eigenvalue weighted by atomic mass is 16.3. The molecule has 0 aromatic carbocycles. The van der Waals surface area contributed by atoms with E-state index in [0.717, 1.165) is 25.9 Å². The Morgan fingerprint density at radius 3 is 2.71 bits per heavy atom. The normalized spacial score (nSPS) is 22.6. The third-order valence-electron chi connectivity index (χ3n) is 4.69. The van der Waals surface area contributed by atoms with Gasteiger partial charge in [0.15, 0.2) is 0 Å². The Hall–Kier alpha value is -1.73. The Balaban J connectivity index is 1.74. The minimum Gasteiger partial charge on any atom is -0.382 e. The lowest BCUT2D eigenvalue weighted by molar-refractivity contribution is -0.0421. The third-order valence-corrected chi connectivity index (χ3v) is 4.69. The first-order valence-electron chi connectivity index (χ1n) is 8.78. The smallest absolute Gasteiger partial charge is 0.123 e. The topological polar surface area (TPSA) is 72.0 Å². The molecule has 2 aromatic rings. The van der Waals surface area contributed by atoms with Crippen LogP contribution in [0.5, 0.6) is 0 Å². The minimum absolute atomic E-state index is 0.245. The van der Waals surface area contributed by atoms with Gasteiger partial charge in [-0.3, -0.25) is 9.58 Å². The van der Waals surface area contributed by atoms with Gasteiger partial charge in [-0.25, -0.2) is 4.68 Å². The van der Waals surface area contributed by atoms with Crippen molar-refractivity contribution in [3.05, 3.63) is 29.8 Å². The maximum absolute atomic E-state index is 11.1. The monoisotopic (exact) mass is 332 g/mol. The minimum atomic E-state index is -0.923. The molecule has 1 N–H and O–H groups in total. The molecule has 7 nitrogen and oxygen atoms in total. The second kappa shape index (κ2) is 6.64. The van der Waals surface area contributed by atoms with Crippen LogP contribution in [0.2, 0.25) is 0 Å². The van der Waals surface area contributed by atoms with Gasteiger partial charge in [0.05, 0.1) is 11.9 Å². The van der Waals surface area contributed by atoms with Crippen LogP contribution in [0.25, 0.3) is 0 Å². The second-order valence-corrected chi connectivity index (χ2v) is 7.38. The van der Waals surface area contributed by atoms with Crippen LogP contribution in [0.3, 0.4) is 0 Å². The lowest BCUT2D eigenvalue weighted by Gasteiger charge is -2.38. The zero-order chi connectivity index (χ0) is 17.3. The predicted molar refractivity (Wildman–Crippen MR) is 91.4 cm³/mol. The van der Waals surface area contributed by atoms with E-state index in [0.29, 0.717) is 18.3 Å². The van der Waals surface area contributed by atoms with Crippen molar-refractivity contribution < 1.29 is 5.11 Å². The van der Waals surface area contributed by atoms with Crippen molar-refractivity contribution in [1.82, 2.24) is 29.7 Å². The highest BCUT2D eigenvalue weighted by Gasteiger charge is 2.37. The van der Waals surface area contributed by atoms with Gasteiger partial charge in [0.25, 0.3) is 0 Å². The summed E-state index contributed by atoms with van der Waals surface area (Å²) >= 11 is 0. The van der Waals surface area contributed by atoms with Gasteiger partial charge in [-0.15, -0.1) is 5.10 Å². The average molecular weight is 332 g/mol. The summed E-state index contributed by atoms with van der Waals surface area (Å²) in [4.78, 5) is 2.29. The van der Waals surface area contributed by atoms with E-state index in [1.807, 2.05) is 17.1 Å². The van der Waals surface area contributed by atoms with E-state index in [-0.39, 0.29) is 6.04 Å². The van der Waals surface area contributed by atoms with Gasteiger partial charge in [0, 0.05) is 31.4 Å². The van der Waals surface area contributed by atoms with E-state index < -0.39 is 5.60 Å². The van der Waals surface area contributed by atoms with Gasteiger partial charge < -0.3 is 5.11 Å². The fourth-order valence-corrected chi connectivity index (χ4v) is 3.37. The van der Waals surface area contributed by atoms with E-state index in [9.17, 15) is 5.11 Å². The molecule has 0 saturated carbocycles. The molecule has 3 heterocycles. The summed E-state index contributed by atoms with van der Waals surface area (Å²) in [6, 6.07) is 2.64. The fourth-order valence-electron chi connectivity index (χ4n) is 3.37. The summed E-state index contributed by atoms with van der Waals surface area (Å²) < 4.78 is 3.85. The molecular weight excluding hydrogens is 304 g/mol. The largest absolute Gasteiger partial charge is 0.382 e. The lowest BCUT2D eigenvalue weighted by Crippen LogP contribution is -2.46. The number of β-amino-alcohol motifs (C(OH)–C–C–N with tert-alkyl or cyclic N) is 1. The number of likely N-dealkylation sites (tertiary alicyclic amines) is 1. The highest BCUT2D eigenvalue weighted by Crippen LogP contribution is 2.31. The van der Waals surface area contributed by atoms with Gasteiger partial charge in [-0.2, -0.15) is 5.10 Å². The molecule has 1 atom stereocenters. The molecule has 2 aromatic heterocycles. The van der Waals surface area contributed by atoms with Crippen molar-refractivity contribution in [1.29, 1.82) is 0 Å². The molecule has 0 aliphatic carbocycles. The molecule has 0 bridgehead atoms.